The maximum atomic E-state index is 12.9. The van der Waals surface area contributed by atoms with Gasteiger partial charge in [0, 0.05) is 13.1 Å². The summed E-state index contributed by atoms with van der Waals surface area (Å²) in [6, 6.07) is 15.1. The average Bonchev–Trinajstić information content (AvgIpc) is 3.41. The van der Waals surface area contributed by atoms with Gasteiger partial charge in [-0.2, -0.15) is 0 Å². The monoisotopic (exact) mass is 459 g/mol. The van der Waals surface area contributed by atoms with Gasteiger partial charge in [0.2, 0.25) is 17.6 Å². The summed E-state index contributed by atoms with van der Waals surface area (Å²) in [6.45, 7) is 6.74. The van der Waals surface area contributed by atoms with E-state index >= 15 is 0 Å². The number of thioether (sulfide) groups is 1. The predicted molar refractivity (Wildman–Crippen MR) is 130 cm³/mol. The van der Waals surface area contributed by atoms with Gasteiger partial charge in [0.25, 0.3) is 5.56 Å². The van der Waals surface area contributed by atoms with Crippen LogP contribution in [0.1, 0.15) is 6.92 Å². The van der Waals surface area contributed by atoms with E-state index < -0.39 is 0 Å². The standard InChI is InChI=1S/C23H21N7O2S/c1-3-13-29-20(32)15-9-5-7-11-17(15)30-22(29)26-27-23(30)33-14-19(31)25-21-24-16-10-6-8-12-18(16)28(21)4-2/h3,5-12H,1,4,13-14H2,2H3,(H,24,25,31). The Balaban J connectivity index is 1.45. The first-order chi connectivity index (χ1) is 16.1. The maximum absolute atomic E-state index is 12.9. The van der Waals surface area contributed by atoms with Gasteiger partial charge in [-0.1, -0.05) is 42.1 Å². The first-order valence-corrected chi connectivity index (χ1v) is 11.5. The molecule has 0 saturated heterocycles. The molecule has 0 aliphatic carbocycles. The molecular weight excluding hydrogens is 438 g/mol. The molecule has 10 heteroatoms. The first kappa shape index (κ1) is 21.0. The Hall–Kier alpha value is -3.92. The molecule has 0 bridgehead atoms. The number of benzene rings is 2. The van der Waals surface area contributed by atoms with E-state index in [1.165, 1.54) is 16.3 Å². The van der Waals surface area contributed by atoms with E-state index in [1.807, 2.05) is 54.0 Å². The van der Waals surface area contributed by atoms with Gasteiger partial charge in [-0.05, 0) is 31.2 Å². The second-order valence-corrected chi connectivity index (χ2v) is 8.29. The van der Waals surface area contributed by atoms with E-state index in [-0.39, 0.29) is 17.2 Å². The van der Waals surface area contributed by atoms with E-state index in [4.69, 9.17) is 0 Å². The second kappa shape index (κ2) is 8.55. The SMILES string of the molecule is C=CCn1c(=O)c2ccccc2n2c(SCC(=O)Nc3nc4ccccc4n3CC)nnc12. The van der Waals surface area contributed by atoms with Crippen molar-refractivity contribution >= 4 is 51.3 Å². The van der Waals surface area contributed by atoms with Crippen LogP contribution in [0, 0.1) is 0 Å². The average molecular weight is 460 g/mol. The minimum Gasteiger partial charge on any atom is -0.310 e. The molecule has 1 N–H and O–H groups in total. The fraction of sp³-hybridized carbons (Fsp3) is 0.174. The van der Waals surface area contributed by atoms with Crippen LogP contribution in [-0.4, -0.2) is 40.4 Å². The number of amides is 1. The number of allylic oxidation sites excluding steroid dienone is 1. The third-order valence-electron chi connectivity index (χ3n) is 5.34. The fourth-order valence-electron chi connectivity index (χ4n) is 3.90. The van der Waals surface area contributed by atoms with E-state index in [9.17, 15) is 9.59 Å². The molecule has 0 fully saturated rings. The molecule has 3 heterocycles. The Morgan fingerprint density at radius 2 is 1.85 bits per heavy atom. The summed E-state index contributed by atoms with van der Waals surface area (Å²) in [5.74, 6) is 0.836. The number of hydrogen-bond acceptors (Lipinski definition) is 6. The van der Waals surface area contributed by atoms with Gasteiger partial charge in [0.05, 0.1) is 27.7 Å². The molecular formula is C23H21N7O2S. The molecule has 0 radical (unpaired) electrons. The highest BCUT2D eigenvalue weighted by molar-refractivity contribution is 7.99. The highest BCUT2D eigenvalue weighted by Gasteiger charge is 2.18. The van der Waals surface area contributed by atoms with Crippen molar-refractivity contribution in [3.8, 4) is 0 Å². The molecule has 2 aromatic carbocycles. The number of aromatic nitrogens is 6. The van der Waals surface area contributed by atoms with E-state index in [0.717, 1.165) is 11.0 Å². The van der Waals surface area contributed by atoms with Gasteiger partial charge < -0.3 is 4.57 Å². The fourth-order valence-corrected chi connectivity index (χ4v) is 4.64. The molecule has 3 aromatic heterocycles. The lowest BCUT2D eigenvalue weighted by Crippen LogP contribution is -2.23. The Morgan fingerprint density at radius 3 is 2.64 bits per heavy atom. The summed E-state index contributed by atoms with van der Waals surface area (Å²) in [6.07, 6.45) is 1.64. The third-order valence-corrected chi connectivity index (χ3v) is 6.27. The van der Waals surface area contributed by atoms with Gasteiger partial charge in [0.1, 0.15) is 0 Å². The van der Waals surface area contributed by atoms with E-state index in [0.29, 0.717) is 40.9 Å². The van der Waals surface area contributed by atoms with Crippen LogP contribution in [0.15, 0.2) is 71.1 Å². The van der Waals surface area contributed by atoms with Crippen molar-refractivity contribution in [1.82, 2.24) is 28.7 Å². The van der Waals surface area contributed by atoms with Crippen LogP contribution in [-0.2, 0) is 17.9 Å². The summed E-state index contributed by atoms with van der Waals surface area (Å²) < 4.78 is 5.29. The zero-order valence-electron chi connectivity index (χ0n) is 17.9. The molecule has 5 rings (SSSR count). The summed E-state index contributed by atoms with van der Waals surface area (Å²) in [4.78, 5) is 30.2. The smallest absolute Gasteiger partial charge is 0.263 e. The normalized spacial score (nSPS) is 11.4. The largest absolute Gasteiger partial charge is 0.310 e. The number of imidazole rings is 1. The van der Waals surface area contributed by atoms with Gasteiger partial charge in [-0.15, -0.1) is 16.8 Å². The van der Waals surface area contributed by atoms with Gasteiger partial charge in [-0.25, -0.2) is 4.98 Å². The molecule has 0 aliphatic heterocycles. The van der Waals surface area contributed by atoms with Crippen LogP contribution in [0.25, 0.3) is 27.7 Å². The molecule has 9 nitrogen and oxygen atoms in total. The summed E-state index contributed by atoms with van der Waals surface area (Å²) in [5.41, 5.74) is 2.34. The highest BCUT2D eigenvalue weighted by atomic mass is 32.2. The van der Waals surface area contributed by atoms with Crippen molar-refractivity contribution in [2.24, 2.45) is 0 Å². The van der Waals surface area contributed by atoms with Crippen molar-refractivity contribution in [2.45, 2.75) is 25.2 Å². The quantitative estimate of drug-likeness (QED) is 0.296. The summed E-state index contributed by atoms with van der Waals surface area (Å²) >= 11 is 1.25. The highest BCUT2D eigenvalue weighted by Crippen LogP contribution is 2.23. The van der Waals surface area contributed by atoms with Gasteiger partial charge in [-0.3, -0.25) is 23.9 Å². The Morgan fingerprint density at radius 1 is 1.09 bits per heavy atom. The minimum absolute atomic E-state index is 0.114. The first-order valence-electron chi connectivity index (χ1n) is 10.5. The van der Waals surface area contributed by atoms with Crippen molar-refractivity contribution in [3.63, 3.8) is 0 Å². The van der Waals surface area contributed by atoms with Crippen LogP contribution in [0.4, 0.5) is 5.95 Å². The molecule has 1 amide bonds. The molecule has 0 spiro atoms. The number of fused-ring (bicyclic) bond motifs is 4. The van der Waals surface area contributed by atoms with Crippen LogP contribution in [0.3, 0.4) is 0 Å². The number of rotatable bonds is 7. The Kier molecular flexibility index (Phi) is 5.43. The van der Waals surface area contributed by atoms with E-state index in [1.54, 1.807) is 16.5 Å². The van der Waals surface area contributed by atoms with Crippen molar-refractivity contribution < 1.29 is 4.79 Å². The Labute approximate surface area is 192 Å². The topological polar surface area (TPSA) is 99.1 Å². The zero-order valence-corrected chi connectivity index (χ0v) is 18.7. The summed E-state index contributed by atoms with van der Waals surface area (Å²) in [5, 5.41) is 12.5. The molecule has 0 saturated carbocycles. The van der Waals surface area contributed by atoms with Crippen LogP contribution in [0.5, 0.6) is 0 Å². The molecule has 0 aliphatic rings. The Bertz CT molecular complexity index is 1580. The van der Waals surface area contributed by atoms with Crippen molar-refractivity contribution in [1.29, 1.82) is 0 Å². The number of hydrogen-bond donors (Lipinski definition) is 1. The van der Waals surface area contributed by atoms with Crippen molar-refractivity contribution in [2.75, 3.05) is 11.1 Å². The number of nitrogens with one attached hydrogen (secondary N) is 1. The summed E-state index contributed by atoms with van der Waals surface area (Å²) in [7, 11) is 0. The van der Waals surface area contributed by atoms with Crippen LogP contribution < -0.4 is 10.9 Å². The number of nitrogens with zero attached hydrogens (tertiary/aromatic N) is 6. The number of aryl methyl sites for hydroxylation is 1. The number of para-hydroxylation sites is 3. The third kappa shape index (κ3) is 3.58. The van der Waals surface area contributed by atoms with Crippen LogP contribution in [0.2, 0.25) is 0 Å². The van der Waals surface area contributed by atoms with E-state index in [2.05, 4.69) is 27.1 Å². The number of carbonyl (C=O) groups is 1. The molecule has 0 unspecified atom stereocenters. The number of carbonyl (C=O) groups excluding carboxylic acids is 1. The molecule has 33 heavy (non-hydrogen) atoms. The van der Waals surface area contributed by atoms with Crippen LogP contribution >= 0.6 is 11.8 Å². The maximum Gasteiger partial charge on any atom is 0.263 e. The minimum atomic E-state index is -0.203. The van der Waals surface area contributed by atoms with Gasteiger partial charge >= 0.3 is 0 Å². The zero-order chi connectivity index (χ0) is 22.9. The predicted octanol–water partition coefficient (Wildman–Crippen LogP) is 3.33. The lowest BCUT2D eigenvalue weighted by molar-refractivity contribution is -0.113. The van der Waals surface area contributed by atoms with Gasteiger partial charge in [0.15, 0.2) is 5.16 Å². The number of anilines is 1. The lowest BCUT2D eigenvalue weighted by Gasteiger charge is -2.10. The second-order valence-electron chi connectivity index (χ2n) is 7.34. The molecule has 166 valence electrons. The molecule has 0 atom stereocenters. The van der Waals surface area contributed by atoms with Crippen molar-refractivity contribution in [3.05, 3.63) is 71.5 Å². The molecule has 5 aromatic rings. The lowest BCUT2D eigenvalue weighted by atomic mass is 10.2.